The van der Waals surface area contributed by atoms with Crippen LogP contribution in [0.3, 0.4) is 0 Å². The van der Waals surface area contributed by atoms with Crippen molar-refractivity contribution in [3.05, 3.63) is 28.8 Å². The van der Waals surface area contributed by atoms with E-state index in [-0.39, 0.29) is 16.3 Å². The van der Waals surface area contributed by atoms with Gasteiger partial charge in [-0.3, -0.25) is 5.01 Å². The average Bonchev–Trinajstić information content (AvgIpc) is 2.37. The van der Waals surface area contributed by atoms with Crippen LogP contribution >= 0.6 is 11.6 Å². The van der Waals surface area contributed by atoms with Crippen molar-refractivity contribution in [2.24, 2.45) is 10.3 Å². The van der Waals surface area contributed by atoms with Gasteiger partial charge in [0, 0.05) is 0 Å². The van der Waals surface area contributed by atoms with E-state index in [0.29, 0.717) is 26.3 Å². The van der Waals surface area contributed by atoms with E-state index < -0.39 is 5.97 Å². The van der Waals surface area contributed by atoms with Gasteiger partial charge < -0.3 is 9.84 Å². The molecule has 1 aliphatic heterocycles. The second-order valence-corrected chi connectivity index (χ2v) is 4.10. The van der Waals surface area contributed by atoms with Gasteiger partial charge in [-0.25, -0.2) is 4.79 Å². The molecule has 0 spiro atoms. The van der Waals surface area contributed by atoms with E-state index in [1.165, 1.54) is 6.07 Å². The number of carbonyl (C=O) groups is 1. The van der Waals surface area contributed by atoms with Crippen LogP contribution in [0.4, 0.5) is 5.69 Å². The van der Waals surface area contributed by atoms with Crippen LogP contribution in [0.25, 0.3) is 0 Å². The number of morpholine rings is 1. The quantitative estimate of drug-likeness (QED) is 0.855. The van der Waals surface area contributed by atoms with E-state index in [2.05, 4.69) is 10.3 Å². The summed E-state index contributed by atoms with van der Waals surface area (Å²) in [6, 6.07) is 4.72. The summed E-state index contributed by atoms with van der Waals surface area (Å²) in [6.07, 6.45) is 0. The fourth-order valence-corrected chi connectivity index (χ4v) is 1.81. The van der Waals surface area contributed by atoms with Crippen molar-refractivity contribution >= 4 is 23.3 Å². The molecule has 0 unspecified atom stereocenters. The molecule has 1 fully saturated rings. The van der Waals surface area contributed by atoms with Crippen molar-refractivity contribution in [1.29, 1.82) is 0 Å². The molecule has 7 heteroatoms. The van der Waals surface area contributed by atoms with Crippen LogP contribution in [0.1, 0.15) is 10.4 Å². The van der Waals surface area contributed by atoms with Crippen LogP contribution in [0.15, 0.2) is 28.5 Å². The van der Waals surface area contributed by atoms with Crippen molar-refractivity contribution in [3.63, 3.8) is 0 Å². The number of nitrogens with zero attached hydrogens (tertiary/aromatic N) is 3. The molecule has 0 radical (unpaired) electrons. The number of rotatable bonds is 3. The highest BCUT2D eigenvalue weighted by Gasteiger charge is 2.14. The van der Waals surface area contributed by atoms with Crippen molar-refractivity contribution in [2.45, 2.75) is 0 Å². The Morgan fingerprint density at radius 3 is 2.78 bits per heavy atom. The lowest BCUT2D eigenvalue weighted by Gasteiger charge is -2.22. The monoisotopic (exact) mass is 269 g/mol. The Bertz CT molecular complexity index is 473. The maximum absolute atomic E-state index is 11.1. The molecule has 1 aromatic rings. The van der Waals surface area contributed by atoms with Crippen molar-refractivity contribution in [1.82, 2.24) is 5.01 Å². The molecule has 1 saturated heterocycles. The molecule has 0 atom stereocenters. The molecule has 2 rings (SSSR count). The Kier molecular flexibility index (Phi) is 4.11. The Morgan fingerprint density at radius 1 is 1.39 bits per heavy atom. The summed E-state index contributed by atoms with van der Waals surface area (Å²) in [5.41, 5.74) is 0.220. The van der Waals surface area contributed by atoms with Gasteiger partial charge in [-0.15, -0.1) is 5.11 Å². The van der Waals surface area contributed by atoms with Crippen LogP contribution in [0.2, 0.25) is 5.02 Å². The minimum Gasteiger partial charge on any atom is -0.478 e. The van der Waals surface area contributed by atoms with Gasteiger partial charge >= 0.3 is 5.97 Å². The van der Waals surface area contributed by atoms with Crippen LogP contribution in [0.5, 0.6) is 0 Å². The molecule has 1 N–H and O–H groups in total. The smallest absolute Gasteiger partial charge is 0.339 e. The van der Waals surface area contributed by atoms with Crippen LogP contribution in [-0.4, -0.2) is 42.4 Å². The number of carboxylic acids is 1. The molecule has 0 saturated carbocycles. The predicted octanol–water partition coefficient (Wildman–Crippen LogP) is 2.37. The average molecular weight is 270 g/mol. The number of hydrogen-bond donors (Lipinski definition) is 1. The van der Waals surface area contributed by atoms with Crippen LogP contribution < -0.4 is 0 Å². The summed E-state index contributed by atoms with van der Waals surface area (Å²) >= 11 is 5.83. The van der Waals surface area contributed by atoms with Gasteiger partial charge in [0.05, 0.1) is 31.3 Å². The van der Waals surface area contributed by atoms with Crippen molar-refractivity contribution in [2.75, 3.05) is 26.3 Å². The third-order valence-corrected chi connectivity index (χ3v) is 2.79. The van der Waals surface area contributed by atoms with E-state index in [0.717, 1.165) is 0 Å². The lowest BCUT2D eigenvalue weighted by atomic mass is 10.2. The van der Waals surface area contributed by atoms with Gasteiger partial charge in [-0.1, -0.05) is 22.9 Å². The minimum absolute atomic E-state index is 0.0313. The van der Waals surface area contributed by atoms with E-state index in [4.69, 9.17) is 21.4 Å². The molecule has 1 heterocycles. The fraction of sp³-hybridized carbons (Fsp3) is 0.364. The van der Waals surface area contributed by atoms with Crippen molar-refractivity contribution < 1.29 is 14.6 Å². The van der Waals surface area contributed by atoms with Gasteiger partial charge in [-0.05, 0) is 12.1 Å². The first-order chi connectivity index (χ1) is 8.68. The molecular weight excluding hydrogens is 258 g/mol. The van der Waals surface area contributed by atoms with Gasteiger partial charge in [0.15, 0.2) is 0 Å². The molecule has 18 heavy (non-hydrogen) atoms. The van der Waals surface area contributed by atoms with Gasteiger partial charge in [-0.2, -0.15) is 0 Å². The van der Waals surface area contributed by atoms with Gasteiger partial charge in [0.2, 0.25) is 0 Å². The summed E-state index contributed by atoms with van der Waals surface area (Å²) in [5.74, 6) is -1.11. The second-order valence-electron chi connectivity index (χ2n) is 3.69. The Hall–Kier alpha value is -1.66. The van der Waals surface area contributed by atoms with Crippen LogP contribution in [-0.2, 0) is 4.74 Å². The second kappa shape index (κ2) is 5.79. The largest absolute Gasteiger partial charge is 0.478 e. The highest BCUT2D eigenvalue weighted by Crippen LogP contribution is 2.27. The first-order valence-corrected chi connectivity index (χ1v) is 5.82. The van der Waals surface area contributed by atoms with Gasteiger partial charge in [0.1, 0.15) is 11.3 Å². The fourth-order valence-electron chi connectivity index (χ4n) is 1.56. The molecule has 0 aliphatic carbocycles. The predicted molar refractivity (Wildman–Crippen MR) is 65.3 cm³/mol. The number of carboxylic acid groups (broad SMARTS) is 1. The Morgan fingerprint density at radius 2 is 2.11 bits per heavy atom. The SMILES string of the molecule is O=C(O)c1c(Cl)cccc1N=NN1CCOCC1. The topological polar surface area (TPSA) is 74.5 Å². The summed E-state index contributed by atoms with van der Waals surface area (Å²) in [5, 5.41) is 18.9. The highest BCUT2D eigenvalue weighted by molar-refractivity contribution is 6.34. The van der Waals surface area contributed by atoms with Gasteiger partial charge in [0.25, 0.3) is 0 Å². The summed E-state index contributed by atoms with van der Waals surface area (Å²) in [6.45, 7) is 2.49. The molecule has 0 bridgehead atoms. The Balaban J connectivity index is 2.20. The highest BCUT2D eigenvalue weighted by atomic mass is 35.5. The third kappa shape index (κ3) is 2.96. The zero-order valence-corrected chi connectivity index (χ0v) is 10.3. The van der Waals surface area contributed by atoms with E-state index in [1.54, 1.807) is 17.1 Å². The standard InChI is InChI=1S/C11H12ClN3O3/c12-8-2-1-3-9(10(8)11(16)17)13-14-15-4-6-18-7-5-15/h1-3H,4-7H2,(H,16,17). The first-order valence-electron chi connectivity index (χ1n) is 5.44. The molecule has 1 aliphatic rings. The normalized spacial score (nSPS) is 16.2. The molecular formula is C11H12ClN3O3. The zero-order valence-electron chi connectivity index (χ0n) is 9.54. The summed E-state index contributed by atoms with van der Waals surface area (Å²) < 4.78 is 5.17. The maximum Gasteiger partial charge on any atom is 0.339 e. The third-order valence-electron chi connectivity index (χ3n) is 2.47. The first kappa shape index (κ1) is 12.8. The van der Waals surface area contributed by atoms with Crippen LogP contribution in [0, 0.1) is 0 Å². The molecule has 0 aromatic heterocycles. The van der Waals surface area contributed by atoms with Crippen molar-refractivity contribution in [3.8, 4) is 0 Å². The van der Waals surface area contributed by atoms with E-state index in [1.807, 2.05) is 0 Å². The minimum atomic E-state index is -1.11. The Labute approximate surface area is 109 Å². The molecule has 0 amide bonds. The van der Waals surface area contributed by atoms with E-state index in [9.17, 15) is 4.79 Å². The maximum atomic E-state index is 11.1. The lowest BCUT2D eigenvalue weighted by Crippen LogP contribution is -2.31. The zero-order chi connectivity index (χ0) is 13.0. The summed E-state index contributed by atoms with van der Waals surface area (Å²) in [4.78, 5) is 11.1. The lowest BCUT2D eigenvalue weighted by molar-refractivity contribution is 0.0353. The molecule has 6 nitrogen and oxygen atoms in total. The number of hydrogen-bond acceptors (Lipinski definition) is 4. The molecule has 96 valence electrons. The number of ether oxygens (including phenoxy) is 1. The number of halogens is 1. The van der Waals surface area contributed by atoms with E-state index >= 15 is 0 Å². The summed E-state index contributed by atoms with van der Waals surface area (Å²) in [7, 11) is 0. The number of benzene rings is 1. The molecule has 1 aromatic carbocycles. The number of aromatic carboxylic acids is 1.